The zero-order chi connectivity index (χ0) is 11.8. The van der Waals surface area contributed by atoms with E-state index in [1.54, 1.807) is 0 Å². The van der Waals surface area contributed by atoms with Gasteiger partial charge in [0.25, 0.3) is 0 Å². The van der Waals surface area contributed by atoms with Crippen molar-refractivity contribution >= 4 is 10.8 Å². The molecule has 0 N–H and O–H groups in total. The number of hydrogen-bond donors (Lipinski definition) is 0. The van der Waals surface area contributed by atoms with Crippen molar-refractivity contribution in [3.05, 3.63) is 30.3 Å². The molecule has 2 heteroatoms. The molecule has 0 aliphatic carbocycles. The van der Waals surface area contributed by atoms with Gasteiger partial charge in [0.1, 0.15) is 0 Å². The van der Waals surface area contributed by atoms with E-state index < -0.39 is 10.8 Å². The molecule has 0 heterocycles. The maximum absolute atomic E-state index is 12.1. The molecule has 0 unspecified atom stereocenters. The normalized spacial score (nSPS) is 14.6. The highest BCUT2D eigenvalue weighted by molar-refractivity contribution is 7.85. The predicted molar refractivity (Wildman–Crippen MR) is 71.1 cm³/mol. The van der Waals surface area contributed by atoms with Crippen LogP contribution in [0, 0.1) is 0 Å². The molecule has 1 aromatic carbocycles. The summed E-state index contributed by atoms with van der Waals surface area (Å²) < 4.78 is 12.1. The van der Waals surface area contributed by atoms with E-state index in [-0.39, 0.29) is 5.25 Å². The predicted octanol–water partition coefficient (Wildman–Crippen LogP) is 4.15. The third-order valence-corrected chi connectivity index (χ3v) is 4.51. The number of unbranched alkanes of at least 4 members (excludes halogenated alkanes) is 3. The molecule has 0 saturated heterocycles. The molecule has 1 aromatic rings. The lowest BCUT2D eigenvalue weighted by atomic mass is 10.1. The Balaban J connectivity index is 2.37. The van der Waals surface area contributed by atoms with E-state index in [1.807, 2.05) is 30.3 Å². The molecular weight excluding hydrogens is 216 g/mol. The summed E-state index contributed by atoms with van der Waals surface area (Å²) in [4.78, 5) is 0.963. The van der Waals surface area contributed by atoms with E-state index in [0.717, 1.165) is 11.3 Å². The summed E-state index contributed by atoms with van der Waals surface area (Å²) in [6.07, 6.45) is 6.10. The zero-order valence-electron chi connectivity index (χ0n) is 10.3. The summed E-state index contributed by atoms with van der Waals surface area (Å²) in [6, 6.07) is 9.79. The fraction of sp³-hybridized carbons (Fsp3) is 0.571. The van der Waals surface area contributed by atoms with Crippen LogP contribution in [0.25, 0.3) is 0 Å². The fourth-order valence-corrected chi connectivity index (χ4v) is 3.02. The number of rotatable bonds is 7. The highest BCUT2D eigenvalue weighted by atomic mass is 32.2. The van der Waals surface area contributed by atoms with Gasteiger partial charge < -0.3 is 0 Å². The van der Waals surface area contributed by atoms with Crippen LogP contribution in [0.5, 0.6) is 0 Å². The Morgan fingerprint density at radius 3 is 2.44 bits per heavy atom. The SMILES string of the molecule is CCCCCC[C@H](C)[S@@](=O)c1ccccc1. The van der Waals surface area contributed by atoms with E-state index in [4.69, 9.17) is 0 Å². The van der Waals surface area contributed by atoms with Crippen LogP contribution in [0.4, 0.5) is 0 Å². The molecule has 0 amide bonds. The van der Waals surface area contributed by atoms with Crippen LogP contribution in [0.1, 0.15) is 46.0 Å². The first-order valence-corrected chi connectivity index (χ1v) is 7.42. The quantitative estimate of drug-likeness (QED) is 0.652. The molecule has 16 heavy (non-hydrogen) atoms. The molecule has 0 fully saturated rings. The Hall–Kier alpha value is -0.630. The molecule has 0 aliphatic rings. The summed E-state index contributed by atoms with van der Waals surface area (Å²) in [7, 11) is -0.834. The minimum Gasteiger partial charge on any atom is -0.254 e. The van der Waals surface area contributed by atoms with Crippen molar-refractivity contribution < 1.29 is 4.21 Å². The molecule has 2 atom stereocenters. The molecular formula is C14H22OS. The van der Waals surface area contributed by atoms with E-state index in [0.29, 0.717) is 0 Å². The van der Waals surface area contributed by atoms with E-state index in [1.165, 1.54) is 25.7 Å². The average molecular weight is 238 g/mol. The molecule has 0 saturated carbocycles. The zero-order valence-corrected chi connectivity index (χ0v) is 11.1. The monoisotopic (exact) mass is 238 g/mol. The average Bonchev–Trinajstić information content (AvgIpc) is 2.34. The van der Waals surface area contributed by atoms with Gasteiger partial charge in [0.05, 0.1) is 10.8 Å². The van der Waals surface area contributed by atoms with Crippen LogP contribution in [0.3, 0.4) is 0 Å². The van der Waals surface area contributed by atoms with Gasteiger partial charge in [-0.05, 0) is 18.6 Å². The Morgan fingerprint density at radius 1 is 1.12 bits per heavy atom. The minimum atomic E-state index is -0.834. The first kappa shape index (κ1) is 13.4. The Kier molecular flexibility index (Phi) is 6.39. The van der Waals surface area contributed by atoms with Gasteiger partial charge in [-0.15, -0.1) is 0 Å². The van der Waals surface area contributed by atoms with Crippen molar-refractivity contribution in [3.8, 4) is 0 Å². The van der Waals surface area contributed by atoms with Gasteiger partial charge in [-0.2, -0.15) is 0 Å². The third-order valence-electron chi connectivity index (χ3n) is 2.81. The third kappa shape index (κ3) is 4.48. The first-order chi connectivity index (χ1) is 7.75. The van der Waals surface area contributed by atoms with E-state index in [9.17, 15) is 4.21 Å². The maximum Gasteiger partial charge on any atom is 0.0557 e. The van der Waals surface area contributed by atoms with Gasteiger partial charge >= 0.3 is 0 Å². The lowest BCUT2D eigenvalue weighted by molar-refractivity contribution is 0.614. The fourth-order valence-electron chi connectivity index (χ4n) is 1.75. The molecule has 90 valence electrons. The van der Waals surface area contributed by atoms with Crippen molar-refractivity contribution in [2.45, 2.75) is 56.1 Å². The van der Waals surface area contributed by atoms with Crippen LogP contribution in [0.15, 0.2) is 35.2 Å². The first-order valence-electron chi connectivity index (χ1n) is 6.21. The molecule has 0 aliphatic heterocycles. The minimum absolute atomic E-state index is 0.277. The Bertz CT molecular complexity index is 308. The molecule has 0 bridgehead atoms. The summed E-state index contributed by atoms with van der Waals surface area (Å²) in [5.74, 6) is 0. The molecule has 0 aromatic heterocycles. The van der Waals surface area contributed by atoms with Gasteiger partial charge in [0.15, 0.2) is 0 Å². The standard InChI is InChI=1S/C14H22OS/c1-3-4-5-7-10-13(2)16(15)14-11-8-6-9-12-14/h6,8-9,11-13H,3-5,7,10H2,1-2H3/t13-,16+/m0/s1. The van der Waals surface area contributed by atoms with E-state index in [2.05, 4.69) is 13.8 Å². The number of benzene rings is 1. The van der Waals surface area contributed by atoms with Gasteiger partial charge in [-0.25, -0.2) is 0 Å². The molecule has 0 radical (unpaired) electrons. The lowest BCUT2D eigenvalue weighted by Gasteiger charge is -2.10. The maximum atomic E-state index is 12.1. The summed E-state index contributed by atoms with van der Waals surface area (Å²) in [5.41, 5.74) is 0. The summed E-state index contributed by atoms with van der Waals surface area (Å²) in [5, 5.41) is 0.277. The van der Waals surface area contributed by atoms with Crippen LogP contribution >= 0.6 is 0 Å². The smallest absolute Gasteiger partial charge is 0.0557 e. The van der Waals surface area contributed by atoms with Crippen LogP contribution in [0.2, 0.25) is 0 Å². The van der Waals surface area contributed by atoms with Gasteiger partial charge in [0.2, 0.25) is 0 Å². The van der Waals surface area contributed by atoms with Crippen molar-refractivity contribution in [2.24, 2.45) is 0 Å². The van der Waals surface area contributed by atoms with Crippen molar-refractivity contribution in [1.29, 1.82) is 0 Å². The second-order valence-corrected chi connectivity index (χ2v) is 6.14. The summed E-state index contributed by atoms with van der Waals surface area (Å²) in [6.45, 7) is 4.31. The van der Waals surface area contributed by atoms with Crippen molar-refractivity contribution in [3.63, 3.8) is 0 Å². The van der Waals surface area contributed by atoms with Gasteiger partial charge in [-0.3, -0.25) is 4.21 Å². The highest BCUT2D eigenvalue weighted by Gasteiger charge is 2.12. The van der Waals surface area contributed by atoms with Crippen molar-refractivity contribution in [1.82, 2.24) is 0 Å². The summed E-state index contributed by atoms with van der Waals surface area (Å²) >= 11 is 0. The molecule has 1 rings (SSSR count). The Morgan fingerprint density at radius 2 is 1.81 bits per heavy atom. The van der Waals surface area contributed by atoms with Gasteiger partial charge in [-0.1, -0.05) is 57.7 Å². The van der Waals surface area contributed by atoms with Crippen molar-refractivity contribution in [2.75, 3.05) is 0 Å². The molecule has 0 spiro atoms. The topological polar surface area (TPSA) is 17.1 Å². The second kappa shape index (κ2) is 7.61. The highest BCUT2D eigenvalue weighted by Crippen LogP contribution is 2.16. The Labute approximate surface area is 102 Å². The van der Waals surface area contributed by atoms with Crippen LogP contribution in [-0.2, 0) is 10.8 Å². The number of hydrogen-bond acceptors (Lipinski definition) is 1. The molecule has 1 nitrogen and oxygen atoms in total. The van der Waals surface area contributed by atoms with Crippen LogP contribution in [-0.4, -0.2) is 9.46 Å². The second-order valence-electron chi connectivity index (χ2n) is 4.27. The largest absolute Gasteiger partial charge is 0.254 e. The van der Waals surface area contributed by atoms with Crippen LogP contribution < -0.4 is 0 Å². The van der Waals surface area contributed by atoms with E-state index >= 15 is 0 Å². The lowest BCUT2D eigenvalue weighted by Crippen LogP contribution is -2.10. The van der Waals surface area contributed by atoms with Gasteiger partial charge in [0, 0.05) is 10.1 Å².